The fraction of sp³-hybridized carbons (Fsp3) is 0.947. The van der Waals surface area contributed by atoms with Crippen LogP contribution in [0.5, 0.6) is 0 Å². The van der Waals surface area contributed by atoms with Crippen LogP contribution >= 0.6 is 15.6 Å². The van der Waals surface area contributed by atoms with Crippen LogP contribution in [0, 0.1) is 5.92 Å². The lowest BCUT2D eigenvalue weighted by molar-refractivity contribution is -0.161. The van der Waals surface area contributed by atoms with Crippen molar-refractivity contribution in [3.8, 4) is 0 Å². The summed E-state index contributed by atoms with van der Waals surface area (Å²) in [5, 5.41) is 10.6. The van der Waals surface area contributed by atoms with Gasteiger partial charge in [0.1, 0.15) is 19.3 Å². The molecule has 0 aliphatic carbocycles. The summed E-state index contributed by atoms with van der Waals surface area (Å²) in [5.41, 5.74) is 0. The van der Waals surface area contributed by atoms with Gasteiger partial charge < -0.3 is 33.8 Å². The molecule has 2 unspecified atom stereocenters. The minimum absolute atomic E-state index is 0.103. The van der Waals surface area contributed by atoms with E-state index in [1.165, 1.54) is 199 Å². The van der Waals surface area contributed by atoms with Gasteiger partial charge in [-0.15, -0.1) is 0 Å². The minimum atomic E-state index is -4.95. The van der Waals surface area contributed by atoms with Crippen molar-refractivity contribution in [2.45, 2.75) is 412 Å². The van der Waals surface area contributed by atoms with Crippen LogP contribution in [0.25, 0.3) is 0 Å². The molecule has 0 rings (SSSR count). The molecule has 0 aliphatic rings. The molecule has 94 heavy (non-hydrogen) atoms. The highest BCUT2D eigenvalue weighted by Gasteiger charge is 2.30. The van der Waals surface area contributed by atoms with E-state index < -0.39 is 97.5 Å². The van der Waals surface area contributed by atoms with Crippen LogP contribution < -0.4 is 0 Å². The molecule has 17 nitrogen and oxygen atoms in total. The summed E-state index contributed by atoms with van der Waals surface area (Å²) < 4.78 is 68.0. The van der Waals surface area contributed by atoms with Crippen molar-refractivity contribution < 1.29 is 80.2 Å². The second-order valence-electron chi connectivity index (χ2n) is 27.5. The number of esters is 4. The van der Waals surface area contributed by atoms with Crippen molar-refractivity contribution in [2.75, 3.05) is 39.6 Å². The van der Waals surface area contributed by atoms with Crippen LogP contribution in [0.2, 0.25) is 0 Å². The number of rotatable bonds is 75. The maximum absolute atomic E-state index is 13.1. The Morgan fingerprint density at radius 1 is 0.287 bits per heavy atom. The van der Waals surface area contributed by atoms with E-state index in [2.05, 4.69) is 34.6 Å². The maximum atomic E-state index is 13.1. The number of carbonyl (C=O) groups excluding carboxylic acids is 4. The zero-order chi connectivity index (χ0) is 69.1. The lowest BCUT2D eigenvalue weighted by atomic mass is 10.0. The molecule has 0 bridgehead atoms. The van der Waals surface area contributed by atoms with Crippen LogP contribution in [0.15, 0.2) is 0 Å². The molecule has 0 amide bonds. The van der Waals surface area contributed by atoms with E-state index in [-0.39, 0.29) is 25.7 Å². The largest absolute Gasteiger partial charge is 0.472 e. The van der Waals surface area contributed by atoms with Crippen LogP contribution in [0.3, 0.4) is 0 Å². The average molecular weight is 1380 g/mol. The van der Waals surface area contributed by atoms with Crippen molar-refractivity contribution in [2.24, 2.45) is 5.92 Å². The van der Waals surface area contributed by atoms with Gasteiger partial charge in [-0.1, -0.05) is 343 Å². The number of carbonyl (C=O) groups is 4. The third-order valence-corrected chi connectivity index (χ3v) is 19.4. The number of ether oxygens (including phenoxy) is 4. The first kappa shape index (κ1) is 92.1. The van der Waals surface area contributed by atoms with Crippen LogP contribution in [-0.2, 0) is 65.4 Å². The summed E-state index contributed by atoms with van der Waals surface area (Å²) in [4.78, 5) is 72.2. The van der Waals surface area contributed by atoms with E-state index in [4.69, 9.17) is 37.0 Å². The summed E-state index contributed by atoms with van der Waals surface area (Å²) in [6, 6.07) is 0. The smallest absolute Gasteiger partial charge is 0.462 e. The Bertz CT molecular complexity index is 1810. The summed E-state index contributed by atoms with van der Waals surface area (Å²) in [7, 11) is -9.89. The number of aliphatic hydroxyl groups excluding tert-OH is 1. The Balaban J connectivity index is 5.05. The summed E-state index contributed by atoms with van der Waals surface area (Å²) in [6.45, 7) is 7.17. The first-order chi connectivity index (χ1) is 45.5. The van der Waals surface area contributed by atoms with E-state index in [1.807, 2.05) is 0 Å². The van der Waals surface area contributed by atoms with Crippen molar-refractivity contribution in [3.63, 3.8) is 0 Å². The third-order valence-electron chi connectivity index (χ3n) is 17.5. The summed E-state index contributed by atoms with van der Waals surface area (Å²) in [6.07, 6.45) is 57.8. The molecule has 0 aromatic rings. The zero-order valence-corrected chi connectivity index (χ0v) is 62.9. The van der Waals surface area contributed by atoms with Gasteiger partial charge in [0.05, 0.1) is 26.4 Å². The fourth-order valence-corrected chi connectivity index (χ4v) is 13.1. The number of hydrogen-bond acceptors (Lipinski definition) is 15. The zero-order valence-electron chi connectivity index (χ0n) is 61.1. The Morgan fingerprint density at radius 2 is 0.489 bits per heavy atom. The molecule has 0 spiro atoms. The molecule has 558 valence electrons. The Kier molecular flexibility index (Phi) is 66.8. The van der Waals surface area contributed by atoms with Gasteiger partial charge in [0.25, 0.3) is 0 Å². The lowest BCUT2D eigenvalue weighted by Crippen LogP contribution is -2.30. The van der Waals surface area contributed by atoms with Gasteiger partial charge in [-0.05, 0) is 31.6 Å². The predicted molar refractivity (Wildman–Crippen MR) is 382 cm³/mol. The number of phosphoric acid groups is 2. The van der Waals surface area contributed by atoms with E-state index in [0.29, 0.717) is 25.7 Å². The Hall–Kier alpha value is -1.94. The molecule has 0 saturated carbocycles. The molecular formula is C75H146O17P2. The summed E-state index contributed by atoms with van der Waals surface area (Å²) >= 11 is 0. The van der Waals surface area contributed by atoms with Crippen LogP contribution in [0.1, 0.15) is 394 Å². The monoisotopic (exact) mass is 1380 g/mol. The summed E-state index contributed by atoms with van der Waals surface area (Å²) in [5.74, 6) is -1.31. The van der Waals surface area contributed by atoms with Gasteiger partial charge >= 0.3 is 39.5 Å². The van der Waals surface area contributed by atoms with E-state index in [9.17, 15) is 43.2 Å². The SMILES string of the molecule is CCCCCCCCCCCCCCCCCCCCCCCC(=O)OC[C@H](COP(=O)(O)OC[C@@H](O)COP(=O)(O)OC[C@@H](COC(=O)CCCCCCC)OC(=O)CCCCCCCCC)OC(=O)CCCCCCCCCCCCCCCCCCCCC(C)C. The number of phosphoric ester groups is 2. The number of unbranched alkanes of at least 4 members (excludes halogenated alkanes) is 47. The van der Waals surface area contributed by atoms with Gasteiger partial charge in [-0.2, -0.15) is 0 Å². The first-order valence-corrected chi connectivity index (χ1v) is 42.1. The molecule has 0 fully saturated rings. The Morgan fingerprint density at radius 3 is 0.723 bits per heavy atom. The number of aliphatic hydroxyl groups is 1. The standard InChI is InChI=1S/C75H146O17P2/c1-6-9-12-15-17-18-19-20-21-22-23-24-25-29-32-35-38-41-45-49-54-59-73(78)86-65-71(92-75(80)61-56-51-46-42-39-36-33-30-27-26-28-31-34-37-40-44-48-52-57-68(4)5)67-90-94(83,84)88-63-69(76)62-87-93(81,82)89-66-70(64-85-72(77)58-53-47-14-11-8-3)91-74(79)60-55-50-43-16-13-10-7-2/h68-71,76H,6-67H2,1-5H3,(H,81,82)(H,83,84)/t69-,70+,71+/m0/s1. The molecule has 0 aliphatic heterocycles. The predicted octanol–water partition coefficient (Wildman–Crippen LogP) is 22.1. The molecule has 0 aromatic heterocycles. The second-order valence-corrected chi connectivity index (χ2v) is 30.4. The van der Waals surface area contributed by atoms with Crippen LogP contribution in [-0.4, -0.2) is 96.7 Å². The maximum Gasteiger partial charge on any atom is 0.472 e. The first-order valence-electron chi connectivity index (χ1n) is 39.1. The minimum Gasteiger partial charge on any atom is -0.462 e. The van der Waals surface area contributed by atoms with Crippen molar-refractivity contribution >= 4 is 39.5 Å². The number of hydrogen-bond donors (Lipinski definition) is 3. The van der Waals surface area contributed by atoms with Gasteiger partial charge in [-0.25, -0.2) is 9.13 Å². The van der Waals surface area contributed by atoms with Crippen molar-refractivity contribution in [1.29, 1.82) is 0 Å². The van der Waals surface area contributed by atoms with Gasteiger partial charge in [0.2, 0.25) is 0 Å². The molecule has 0 saturated heterocycles. The fourth-order valence-electron chi connectivity index (χ4n) is 11.5. The molecule has 0 radical (unpaired) electrons. The quantitative estimate of drug-likeness (QED) is 0.0222. The second kappa shape index (κ2) is 68.2. The van der Waals surface area contributed by atoms with E-state index >= 15 is 0 Å². The van der Waals surface area contributed by atoms with Gasteiger partial charge in [0, 0.05) is 25.7 Å². The average Bonchev–Trinajstić information content (AvgIpc) is 2.24. The molecular weight excluding hydrogens is 1230 g/mol. The highest BCUT2D eigenvalue weighted by Crippen LogP contribution is 2.45. The van der Waals surface area contributed by atoms with Crippen molar-refractivity contribution in [1.82, 2.24) is 0 Å². The third kappa shape index (κ3) is 68.6. The van der Waals surface area contributed by atoms with Gasteiger partial charge in [0.15, 0.2) is 12.2 Å². The highest BCUT2D eigenvalue weighted by atomic mass is 31.2. The lowest BCUT2D eigenvalue weighted by Gasteiger charge is -2.21. The van der Waals surface area contributed by atoms with E-state index in [0.717, 1.165) is 115 Å². The van der Waals surface area contributed by atoms with E-state index in [1.54, 1.807) is 0 Å². The molecule has 0 aromatic carbocycles. The van der Waals surface area contributed by atoms with Crippen LogP contribution in [0.4, 0.5) is 0 Å². The topological polar surface area (TPSA) is 237 Å². The normalized spacial score (nSPS) is 14.0. The molecule has 5 atom stereocenters. The molecule has 3 N–H and O–H groups in total. The van der Waals surface area contributed by atoms with Gasteiger partial charge in [-0.3, -0.25) is 37.3 Å². The molecule has 19 heteroatoms. The van der Waals surface area contributed by atoms with Crippen molar-refractivity contribution in [3.05, 3.63) is 0 Å². The Labute approximate surface area is 575 Å². The molecule has 0 heterocycles. The highest BCUT2D eigenvalue weighted by molar-refractivity contribution is 7.47.